The maximum Gasteiger partial charge on any atom is 0.270 e. The molecule has 1 amide bonds. The first-order chi connectivity index (χ1) is 7.36. The fraction of sp³-hybridized carbons (Fsp3) is 0.455. The Kier molecular flexibility index (Phi) is 3.29. The van der Waals surface area contributed by atoms with Crippen molar-refractivity contribution in [3.63, 3.8) is 0 Å². The third kappa shape index (κ3) is 2.76. The van der Waals surface area contributed by atoms with Gasteiger partial charge in [-0.3, -0.25) is 9.78 Å². The summed E-state index contributed by atoms with van der Waals surface area (Å²) in [5.74, 6) is -0.119. The smallest absolute Gasteiger partial charge is 0.270 e. The number of hydrogen-bond donors (Lipinski definition) is 1. The molecular weight excluding hydrogens is 192 g/mol. The molecular formula is C11H14N2O2. The molecule has 1 aromatic heterocycles. The lowest BCUT2D eigenvalue weighted by Gasteiger charge is -2.22. The van der Waals surface area contributed by atoms with Crippen molar-refractivity contribution in [2.45, 2.75) is 18.9 Å². The summed E-state index contributed by atoms with van der Waals surface area (Å²) in [6.07, 6.45) is 3.61. The van der Waals surface area contributed by atoms with Crippen LogP contribution in [-0.4, -0.2) is 30.1 Å². The number of carbonyl (C=O) groups excluding carboxylic acids is 1. The van der Waals surface area contributed by atoms with Gasteiger partial charge in [0.1, 0.15) is 5.69 Å². The Morgan fingerprint density at radius 3 is 3.13 bits per heavy atom. The monoisotopic (exact) mass is 206 g/mol. The molecule has 80 valence electrons. The van der Waals surface area contributed by atoms with E-state index in [1.54, 1.807) is 24.4 Å². The van der Waals surface area contributed by atoms with E-state index in [1.165, 1.54) is 0 Å². The lowest BCUT2D eigenvalue weighted by atomic mass is 10.1. The van der Waals surface area contributed by atoms with Crippen LogP contribution in [0.4, 0.5) is 0 Å². The zero-order valence-corrected chi connectivity index (χ0v) is 8.48. The summed E-state index contributed by atoms with van der Waals surface area (Å²) in [6, 6.07) is 5.44. The average molecular weight is 206 g/mol. The van der Waals surface area contributed by atoms with Crippen molar-refractivity contribution in [1.29, 1.82) is 0 Å². The van der Waals surface area contributed by atoms with E-state index in [0.29, 0.717) is 12.3 Å². The standard InChI is InChI=1S/C11H14N2O2/c14-11(10-5-1-2-6-12-10)13-9-4-3-7-15-8-9/h1-2,5-6,9H,3-4,7-8H2,(H,13,14). The van der Waals surface area contributed by atoms with Gasteiger partial charge < -0.3 is 10.1 Å². The lowest BCUT2D eigenvalue weighted by Crippen LogP contribution is -2.40. The van der Waals surface area contributed by atoms with Crippen LogP contribution in [0.3, 0.4) is 0 Å². The molecule has 4 heteroatoms. The van der Waals surface area contributed by atoms with Crippen LogP contribution < -0.4 is 5.32 Å². The van der Waals surface area contributed by atoms with Crippen molar-refractivity contribution in [3.8, 4) is 0 Å². The van der Waals surface area contributed by atoms with E-state index < -0.39 is 0 Å². The second-order valence-electron chi connectivity index (χ2n) is 3.60. The Morgan fingerprint density at radius 2 is 2.47 bits per heavy atom. The highest BCUT2D eigenvalue weighted by molar-refractivity contribution is 5.92. The molecule has 1 N–H and O–H groups in total. The molecule has 1 aliphatic rings. The van der Waals surface area contributed by atoms with Gasteiger partial charge in [0.15, 0.2) is 0 Å². The van der Waals surface area contributed by atoms with Crippen molar-refractivity contribution in [1.82, 2.24) is 10.3 Å². The number of ether oxygens (including phenoxy) is 1. The number of amides is 1. The first kappa shape index (κ1) is 10.1. The summed E-state index contributed by atoms with van der Waals surface area (Å²) in [6.45, 7) is 1.41. The Labute approximate surface area is 88.7 Å². The van der Waals surface area contributed by atoms with Gasteiger partial charge in [0, 0.05) is 12.8 Å². The van der Waals surface area contributed by atoms with Crippen molar-refractivity contribution in [2.75, 3.05) is 13.2 Å². The Balaban J connectivity index is 1.91. The number of hydrogen-bond acceptors (Lipinski definition) is 3. The Hall–Kier alpha value is -1.42. The highest BCUT2D eigenvalue weighted by atomic mass is 16.5. The minimum Gasteiger partial charge on any atom is -0.379 e. The predicted octanol–water partition coefficient (Wildman–Crippen LogP) is 0.990. The maximum absolute atomic E-state index is 11.7. The van der Waals surface area contributed by atoms with Crippen LogP contribution in [0.15, 0.2) is 24.4 Å². The SMILES string of the molecule is O=C(NC1CCCOC1)c1ccccn1. The summed E-state index contributed by atoms with van der Waals surface area (Å²) in [4.78, 5) is 15.7. The van der Waals surface area contributed by atoms with E-state index in [9.17, 15) is 4.79 Å². The normalized spacial score (nSPS) is 20.9. The fourth-order valence-corrected chi connectivity index (χ4v) is 1.61. The molecule has 1 atom stereocenters. The Morgan fingerprint density at radius 1 is 1.53 bits per heavy atom. The van der Waals surface area contributed by atoms with E-state index in [0.717, 1.165) is 19.4 Å². The van der Waals surface area contributed by atoms with E-state index in [1.807, 2.05) is 0 Å². The van der Waals surface area contributed by atoms with Gasteiger partial charge in [-0.05, 0) is 25.0 Å². The third-order valence-corrected chi connectivity index (χ3v) is 2.39. The summed E-state index contributed by atoms with van der Waals surface area (Å²) >= 11 is 0. The van der Waals surface area contributed by atoms with Gasteiger partial charge in [-0.1, -0.05) is 6.07 Å². The van der Waals surface area contributed by atoms with Crippen LogP contribution in [0.25, 0.3) is 0 Å². The summed E-state index contributed by atoms with van der Waals surface area (Å²) in [5.41, 5.74) is 0.461. The largest absolute Gasteiger partial charge is 0.379 e. The number of nitrogens with one attached hydrogen (secondary N) is 1. The van der Waals surface area contributed by atoms with Crippen molar-refractivity contribution >= 4 is 5.91 Å². The average Bonchev–Trinajstić information content (AvgIpc) is 2.31. The molecule has 0 spiro atoms. The number of aromatic nitrogens is 1. The van der Waals surface area contributed by atoms with Crippen LogP contribution in [0.1, 0.15) is 23.3 Å². The molecule has 0 saturated carbocycles. The maximum atomic E-state index is 11.7. The van der Waals surface area contributed by atoms with Crippen molar-refractivity contribution in [3.05, 3.63) is 30.1 Å². The molecule has 1 aliphatic heterocycles. The summed E-state index contributed by atoms with van der Waals surface area (Å²) in [5, 5.41) is 2.91. The van der Waals surface area contributed by atoms with Crippen LogP contribution in [0, 0.1) is 0 Å². The summed E-state index contributed by atoms with van der Waals surface area (Å²) < 4.78 is 5.28. The molecule has 1 saturated heterocycles. The minimum atomic E-state index is -0.119. The van der Waals surface area contributed by atoms with Gasteiger partial charge in [-0.2, -0.15) is 0 Å². The van der Waals surface area contributed by atoms with E-state index in [2.05, 4.69) is 10.3 Å². The van der Waals surface area contributed by atoms with Crippen LogP contribution in [-0.2, 0) is 4.74 Å². The first-order valence-corrected chi connectivity index (χ1v) is 5.16. The molecule has 1 unspecified atom stereocenters. The molecule has 2 heterocycles. The van der Waals surface area contributed by atoms with Crippen LogP contribution in [0.5, 0.6) is 0 Å². The number of pyridine rings is 1. The van der Waals surface area contributed by atoms with E-state index >= 15 is 0 Å². The fourth-order valence-electron chi connectivity index (χ4n) is 1.61. The van der Waals surface area contributed by atoms with E-state index in [4.69, 9.17) is 4.74 Å². The number of rotatable bonds is 2. The molecule has 1 fully saturated rings. The zero-order chi connectivity index (χ0) is 10.5. The van der Waals surface area contributed by atoms with Gasteiger partial charge in [0.05, 0.1) is 12.6 Å². The lowest BCUT2D eigenvalue weighted by molar-refractivity contribution is 0.0622. The van der Waals surface area contributed by atoms with Gasteiger partial charge in [-0.25, -0.2) is 0 Å². The second kappa shape index (κ2) is 4.89. The van der Waals surface area contributed by atoms with Gasteiger partial charge in [0.25, 0.3) is 5.91 Å². The zero-order valence-electron chi connectivity index (χ0n) is 8.48. The van der Waals surface area contributed by atoms with Crippen molar-refractivity contribution < 1.29 is 9.53 Å². The molecule has 4 nitrogen and oxygen atoms in total. The highest BCUT2D eigenvalue weighted by Gasteiger charge is 2.17. The van der Waals surface area contributed by atoms with Gasteiger partial charge in [0.2, 0.25) is 0 Å². The molecule has 0 aromatic carbocycles. The first-order valence-electron chi connectivity index (χ1n) is 5.16. The number of carbonyl (C=O) groups is 1. The molecule has 0 aliphatic carbocycles. The van der Waals surface area contributed by atoms with Crippen molar-refractivity contribution in [2.24, 2.45) is 0 Å². The van der Waals surface area contributed by atoms with Gasteiger partial charge in [-0.15, -0.1) is 0 Å². The van der Waals surface area contributed by atoms with Gasteiger partial charge >= 0.3 is 0 Å². The quantitative estimate of drug-likeness (QED) is 0.785. The topological polar surface area (TPSA) is 51.2 Å². The van der Waals surface area contributed by atoms with Crippen LogP contribution >= 0.6 is 0 Å². The predicted molar refractivity (Wildman–Crippen MR) is 55.5 cm³/mol. The third-order valence-electron chi connectivity index (χ3n) is 2.39. The molecule has 0 radical (unpaired) electrons. The number of nitrogens with zero attached hydrogens (tertiary/aromatic N) is 1. The minimum absolute atomic E-state index is 0.119. The molecule has 0 bridgehead atoms. The van der Waals surface area contributed by atoms with E-state index in [-0.39, 0.29) is 11.9 Å². The second-order valence-corrected chi connectivity index (χ2v) is 3.60. The highest BCUT2D eigenvalue weighted by Crippen LogP contribution is 2.06. The Bertz CT molecular complexity index is 321. The molecule has 2 rings (SSSR count). The molecule has 15 heavy (non-hydrogen) atoms. The molecule has 1 aromatic rings. The van der Waals surface area contributed by atoms with Crippen LogP contribution in [0.2, 0.25) is 0 Å². The summed E-state index contributed by atoms with van der Waals surface area (Å²) in [7, 11) is 0.